The summed E-state index contributed by atoms with van der Waals surface area (Å²) < 4.78 is 5.38. The number of fused-ring (bicyclic) bond motifs is 2. The van der Waals surface area contributed by atoms with Gasteiger partial charge in [-0.1, -0.05) is 12.1 Å². The lowest BCUT2D eigenvalue weighted by Crippen LogP contribution is -2.46. The Hall–Kier alpha value is -2.35. The number of ether oxygens (including phenoxy) is 1. The Morgan fingerprint density at radius 2 is 2.27 bits per heavy atom. The number of nitrogens with zero attached hydrogens (tertiary/aromatic N) is 2. The fraction of sp³-hybridized carbons (Fsp3) is 0.444. The number of thioether (sulfide) groups is 1. The maximum Gasteiger partial charge on any atom is 0.330 e. The Bertz CT molecular complexity index is 973. The number of hydrogen-bond donors (Lipinski definition) is 1. The number of para-hydroxylation sites is 1. The Kier molecular flexibility index (Phi) is 4.02. The first-order chi connectivity index (χ1) is 12.4. The van der Waals surface area contributed by atoms with Crippen LogP contribution in [-0.2, 0) is 20.9 Å². The number of H-pyrrole nitrogens is 1. The smallest absolute Gasteiger partial charge is 0.330 e. The van der Waals surface area contributed by atoms with Crippen LogP contribution in [0.25, 0.3) is 10.9 Å². The number of hydrogen-bond acceptors (Lipinski definition) is 6. The van der Waals surface area contributed by atoms with E-state index in [9.17, 15) is 14.4 Å². The lowest BCUT2D eigenvalue weighted by Gasteiger charge is -2.29. The van der Waals surface area contributed by atoms with Crippen LogP contribution in [-0.4, -0.2) is 43.4 Å². The van der Waals surface area contributed by atoms with E-state index >= 15 is 0 Å². The molecule has 0 saturated carbocycles. The van der Waals surface area contributed by atoms with Crippen LogP contribution in [0.5, 0.6) is 0 Å². The van der Waals surface area contributed by atoms with Crippen molar-refractivity contribution in [1.82, 2.24) is 14.9 Å². The Balaban J connectivity index is 1.52. The van der Waals surface area contributed by atoms with Crippen LogP contribution in [0.1, 0.15) is 31.2 Å². The van der Waals surface area contributed by atoms with Crippen molar-refractivity contribution in [3.8, 4) is 0 Å². The Morgan fingerprint density at radius 1 is 1.46 bits per heavy atom. The van der Waals surface area contributed by atoms with Gasteiger partial charge >= 0.3 is 5.97 Å². The first kappa shape index (κ1) is 17.1. The summed E-state index contributed by atoms with van der Waals surface area (Å²) in [5.74, 6) is 0.365. The van der Waals surface area contributed by atoms with Gasteiger partial charge in [0.05, 0.1) is 15.8 Å². The van der Waals surface area contributed by atoms with E-state index in [0.717, 1.165) is 12.0 Å². The molecule has 1 aromatic heterocycles. The molecule has 2 aliphatic heterocycles. The van der Waals surface area contributed by atoms with Gasteiger partial charge in [0, 0.05) is 12.2 Å². The largest absolute Gasteiger partial charge is 0.456 e. The molecule has 2 fully saturated rings. The maximum atomic E-state index is 12.5. The van der Waals surface area contributed by atoms with E-state index in [0.29, 0.717) is 28.9 Å². The Labute approximate surface area is 154 Å². The van der Waals surface area contributed by atoms with Crippen LogP contribution in [0.2, 0.25) is 0 Å². The molecule has 2 aromatic rings. The number of amides is 1. The van der Waals surface area contributed by atoms with Gasteiger partial charge in [0.25, 0.3) is 5.56 Å². The highest BCUT2D eigenvalue weighted by Crippen LogP contribution is 2.47. The van der Waals surface area contributed by atoms with Crippen molar-refractivity contribution >= 4 is 34.5 Å². The second kappa shape index (κ2) is 6.12. The maximum absolute atomic E-state index is 12.5. The molecule has 2 aliphatic rings. The lowest BCUT2D eigenvalue weighted by atomic mass is 10.1. The van der Waals surface area contributed by atoms with Crippen LogP contribution in [0.15, 0.2) is 23.0 Å². The van der Waals surface area contributed by atoms with Gasteiger partial charge < -0.3 is 14.6 Å². The summed E-state index contributed by atoms with van der Waals surface area (Å²) in [5, 5.41) is 0.505. The molecule has 136 valence electrons. The van der Waals surface area contributed by atoms with Gasteiger partial charge in [0.15, 0.2) is 0 Å². The molecule has 0 unspecified atom stereocenters. The standard InChI is InChI=1S/C18H19N3O4S/c1-10-4-3-5-11-15(10)19-13(20-16(11)23)8-25-17(24)12-9-26-18(2)7-6-14(22)21(12)18/h3-5,12H,6-9H2,1-2H3,(H,19,20,23)/t12-,18+/m1/s1. The zero-order chi connectivity index (χ0) is 18.5. The third kappa shape index (κ3) is 2.68. The molecule has 0 bridgehead atoms. The van der Waals surface area contributed by atoms with Crippen LogP contribution in [0.4, 0.5) is 0 Å². The highest BCUT2D eigenvalue weighted by atomic mass is 32.2. The SMILES string of the molecule is Cc1cccc2c(=O)[nH]c(COC(=O)[C@H]3CS[C@@]4(C)CCC(=O)N34)nc12. The number of carbonyl (C=O) groups excluding carboxylic acids is 2. The highest BCUT2D eigenvalue weighted by Gasteiger charge is 2.53. The minimum absolute atomic E-state index is 0.00712. The lowest BCUT2D eigenvalue weighted by molar-refractivity contribution is -0.154. The minimum atomic E-state index is -0.575. The van der Waals surface area contributed by atoms with Gasteiger partial charge in [0.1, 0.15) is 18.5 Å². The third-order valence-electron chi connectivity index (χ3n) is 5.06. The van der Waals surface area contributed by atoms with Gasteiger partial charge in [-0.3, -0.25) is 9.59 Å². The van der Waals surface area contributed by atoms with Gasteiger partial charge in [0.2, 0.25) is 5.91 Å². The molecule has 1 amide bonds. The van der Waals surface area contributed by atoms with Crippen molar-refractivity contribution in [3.63, 3.8) is 0 Å². The fourth-order valence-corrected chi connectivity index (χ4v) is 5.07. The molecule has 26 heavy (non-hydrogen) atoms. The number of nitrogens with one attached hydrogen (secondary N) is 1. The van der Waals surface area contributed by atoms with E-state index in [1.165, 1.54) is 0 Å². The molecule has 7 nitrogen and oxygen atoms in total. The van der Waals surface area contributed by atoms with Crippen LogP contribution in [0.3, 0.4) is 0 Å². The number of aryl methyl sites for hydroxylation is 1. The molecule has 4 rings (SSSR count). The quantitative estimate of drug-likeness (QED) is 0.824. The predicted octanol–water partition coefficient (Wildman–Crippen LogP) is 1.73. The van der Waals surface area contributed by atoms with Gasteiger partial charge in [-0.05, 0) is 31.9 Å². The normalized spacial score (nSPS) is 24.9. The first-order valence-corrected chi connectivity index (χ1v) is 9.49. The van der Waals surface area contributed by atoms with Crippen molar-refractivity contribution in [3.05, 3.63) is 39.9 Å². The van der Waals surface area contributed by atoms with Crippen molar-refractivity contribution in [1.29, 1.82) is 0 Å². The van der Waals surface area contributed by atoms with E-state index in [2.05, 4.69) is 9.97 Å². The number of rotatable bonds is 3. The summed E-state index contributed by atoms with van der Waals surface area (Å²) in [6.07, 6.45) is 1.21. The topological polar surface area (TPSA) is 92.4 Å². The molecule has 0 spiro atoms. The number of esters is 1. The molecular weight excluding hydrogens is 354 g/mol. The average molecular weight is 373 g/mol. The van der Waals surface area contributed by atoms with Crippen molar-refractivity contribution in [2.45, 2.75) is 44.2 Å². The minimum Gasteiger partial charge on any atom is -0.456 e. The summed E-state index contributed by atoms with van der Waals surface area (Å²) in [7, 11) is 0. The van der Waals surface area contributed by atoms with Crippen LogP contribution >= 0.6 is 11.8 Å². The molecule has 8 heteroatoms. The first-order valence-electron chi connectivity index (χ1n) is 8.50. The molecular formula is C18H19N3O4S. The zero-order valence-electron chi connectivity index (χ0n) is 14.6. The number of aromatic amines is 1. The monoisotopic (exact) mass is 373 g/mol. The van der Waals surface area contributed by atoms with E-state index in [1.807, 2.05) is 19.9 Å². The number of aromatic nitrogens is 2. The second-order valence-corrected chi connectivity index (χ2v) is 8.36. The predicted molar refractivity (Wildman–Crippen MR) is 97.6 cm³/mol. The van der Waals surface area contributed by atoms with Gasteiger partial charge in [-0.25, -0.2) is 9.78 Å². The highest BCUT2D eigenvalue weighted by molar-refractivity contribution is 8.01. The summed E-state index contributed by atoms with van der Waals surface area (Å²) in [6.45, 7) is 3.74. The fourth-order valence-electron chi connectivity index (χ4n) is 3.65. The number of benzene rings is 1. The number of carbonyl (C=O) groups is 2. The van der Waals surface area contributed by atoms with Crippen molar-refractivity contribution in [2.75, 3.05) is 5.75 Å². The van der Waals surface area contributed by atoms with E-state index in [1.54, 1.807) is 28.8 Å². The molecule has 3 heterocycles. The second-order valence-electron chi connectivity index (χ2n) is 6.86. The molecule has 2 atom stereocenters. The van der Waals surface area contributed by atoms with Crippen LogP contribution < -0.4 is 5.56 Å². The summed E-state index contributed by atoms with van der Waals surface area (Å²) in [6, 6.07) is 4.81. The van der Waals surface area contributed by atoms with Gasteiger partial charge in [-0.15, -0.1) is 11.8 Å². The van der Waals surface area contributed by atoms with Crippen molar-refractivity contribution < 1.29 is 14.3 Å². The van der Waals surface area contributed by atoms with E-state index in [-0.39, 0.29) is 22.9 Å². The molecule has 1 N–H and O–H groups in total. The van der Waals surface area contributed by atoms with Crippen molar-refractivity contribution in [2.24, 2.45) is 0 Å². The summed E-state index contributed by atoms with van der Waals surface area (Å²) >= 11 is 1.61. The summed E-state index contributed by atoms with van der Waals surface area (Å²) in [5.41, 5.74) is 1.22. The van der Waals surface area contributed by atoms with Gasteiger partial charge in [-0.2, -0.15) is 0 Å². The molecule has 0 radical (unpaired) electrons. The molecule has 1 aromatic carbocycles. The van der Waals surface area contributed by atoms with E-state index in [4.69, 9.17) is 4.74 Å². The molecule has 2 saturated heterocycles. The third-order valence-corrected chi connectivity index (χ3v) is 6.56. The van der Waals surface area contributed by atoms with E-state index < -0.39 is 12.0 Å². The average Bonchev–Trinajstić information content (AvgIpc) is 3.10. The zero-order valence-corrected chi connectivity index (χ0v) is 15.4. The molecule has 0 aliphatic carbocycles. The summed E-state index contributed by atoms with van der Waals surface area (Å²) in [4.78, 5) is 45.2. The van der Waals surface area contributed by atoms with Crippen LogP contribution in [0, 0.1) is 6.92 Å². The Morgan fingerprint density at radius 3 is 3.08 bits per heavy atom.